The van der Waals surface area contributed by atoms with Crippen LogP contribution in [0.1, 0.15) is 17.0 Å². The van der Waals surface area contributed by atoms with Crippen LogP contribution in [0.2, 0.25) is 0 Å². The Morgan fingerprint density at radius 3 is 2.47 bits per heavy atom. The van der Waals surface area contributed by atoms with Crippen LogP contribution >= 0.6 is 0 Å². The Bertz CT molecular complexity index is 1380. The SMILES string of the molecule is COc1ccc(C=Cc2nc(S(=O)(=O)c3ccccc3)c(NCc3cccnc3)o2)cc1OC. The Morgan fingerprint density at radius 1 is 0.971 bits per heavy atom. The predicted octanol–water partition coefficient (Wildman–Crippen LogP) is 4.70. The van der Waals surface area contributed by atoms with Gasteiger partial charge >= 0.3 is 0 Å². The van der Waals surface area contributed by atoms with Crippen LogP contribution in [0.15, 0.2) is 87.4 Å². The summed E-state index contributed by atoms with van der Waals surface area (Å²) in [4.78, 5) is 8.49. The number of ether oxygens (including phenoxy) is 2. The molecule has 0 unspecified atom stereocenters. The van der Waals surface area contributed by atoms with Gasteiger partial charge in [0.1, 0.15) is 0 Å². The molecule has 0 aliphatic rings. The van der Waals surface area contributed by atoms with Gasteiger partial charge in [0.05, 0.1) is 19.1 Å². The van der Waals surface area contributed by atoms with Gasteiger partial charge in [-0.3, -0.25) is 4.98 Å². The number of aromatic nitrogens is 2. The van der Waals surface area contributed by atoms with Gasteiger partial charge in [-0.2, -0.15) is 4.98 Å². The van der Waals surface area contributed by atoms with E-state index in [2.05, 4.69) is 15.3 Å². The molecule has 4 rings (SSSR count). The number of oxazole rings is 1. The van der Waals surface area contributed by atoms with Gasteiger partial charge in [-0.1, -0.05) is 30.3 Å². The second-order valence-corrected chi connectivity index (χ2v) is 9.03. The molecular weight excluding hydrogens is 454 g/mol. The molecule has 0 fully saturated rings. The van der Waals surface area contributed by atoms with Crippen molar-refractivity contribution in [3.63, 3.8) is 0 Å². The molecule has 0 saturated carbocycles. The van der Waals surface area contributed by atoms with Crippen molar-refractivity contribution in [2.45, 2.75) is 16.5 Å². The van der Waals surface area contributed by atoms with Gasteiger partial charge in [-0.25, -0.2) is 8.42 Å². The molecule has 2 aromatic heterocycles. The van der Waals surface area contributed by atoms with Crippen LogP contribution in [0.5, 0.6) is 11.5 Å². The van der Waals surface area contributed by atoms with Crippen LogP contribution in [-0.2, 0) is 16.4 Å². The van der Waals surface area contributed by atoms with E-state index in [1.807, 2.05) is 12.1 Å². The summed E-state index contributed by atoms with van der Waals surface area (Å²) in [5.74, 6) is 1.37. The van der Waals surface area contributed by atoms with E-state index in [-0.39, 0.29) is 21.7 Å². The maximum absolute atomic E-state index is 13.3. The molecule has 0 atom stereocenters. The summed E-state index contributed by atoms with van der Waals surface area (Å²) in [5.41, 5.74) is 1.66. The second kappa shape index (κ2) is 10.2. The van der Waals surface area contributed by atoms with E-state index < -0.39 is 9.84 Å². The molecule has 2 heterocycles. The molecule has 4 aromatic rings. The van der Waals surface area contributed by atoms with Gasteiger partial charge in [-0.05, 0) is 47.5 Å². The van der Waals surface area contributed by atoms with Gasteiger partial charge in [0.25, 0.3) is 0 Å². The molecule has 8 nitrogen and oxygen atoms in total. The van der Waals surface area contributed by atoms with Crippen molar-refractivity contribution >= 4 is 27.9 Å². The second-order valence-electron chi connectivity index (χ2n) is 7.17. The van der Waals surface area contributed by atoms with Crippen molar-refractivity contribution in [3.05, 3.63) is 90.1 Å². The van der Waals surface area contributed by atoms with Crippen LogP contribution in [0, 0.1) is 0 Å². The maximum atomic E-state index is 13.3. The van der Waals surface area contributed by atoms with Crippen molar-refractivity contribution < 1.29 is 22.3 Å². The first kappa shape index (κ1) is 23.1. The van der Waals surface area contributed by atoms with Crippen LogP contribution in [0.25, 0.3) is 12.2 Å². The molecule has 9 heteroatoms. The molecule has 0 saturated heterocycles. The van der Waals surface area contributed by atoms with E-state index in [4.69, 9.17) is 13.9 Å². The lowest BCUT2D eigenvalue weighted by Gasteiger charge is -2.07. The molecule has 174 valence electrons. The van der Waals surface area contributed by atoms with Crippen molar-refractivity contribution in [1.82, 2.24) is 9.97 Å². The zero-order chi connectivity index (χ0) is 24.0. The van der Waals surface area contributed by atoms with Gasteiger partial charge < -0.3 is 19.2 Å². The van der Waals surface area contributed by atoms with Gasteiger partial charge in [-0.15, -0.1) is 0 Å². The Balaban J connectivity index is 1.68. The van der Waals surface area contributed by atoms with Gasteiger partial charge in [0.15, 0.2) is 11.5 Å². The number of benzene rings is 2. The molecular formula is C25H23N3O5S. The van der Waals surface area contributed by atoms with Crippen molar-refractivity contribution in [2.75, 3.05) is 19.5 Å². The van der Waals surface area contributed by atoms with E-state index in [1.54, 1.807) is 75.2 Å². The maximum Gasteiger partial charge on any atom is 0.234 e. The molecule has 0 bridgehead atoms. The van der Waals surface area contributed by atoms with Crippen LogP contribution in [0.4, 0.5) is 5.88 Å². The summed E-state index contributed by atoms with van der Waals surface area (Å²) in [6, 6.07) is 17.2. The molecule has 0 aliphatic heterocycles. The largest absolute Gasteiger partial charge is 0.493 e. The minimum atomic E-state index is -3.91. The molecule has 0 amide bonds. The Hall–Kier alpha value is -4.11. The highest BCUT2D eigenvalue weighted by Gasteiger charge is 2.27. The van der Waals surface area contributed by atoms with E-state index in [0.717, 1.165) is 11.1 Å². The van der Waals surface area contributed by atoms with E-state index in [9.17, 15) is 8.42 Å². The third kappa shape index (κ3) is 5.10. The number of hydrogen-bond donors (Lipinski definition) is 1. The summed E-state index contributed by atoms with van der Waals surface area (Å²) in [7, 11) is -0.789. The normalized spacial score (nSPS) is 11.5. The summed E-state index contributed by atoms with van der Waals surface area (Å²) >= 11 is 0. The van der Waals surface area contributed by atoms with E-state index in [0.29, 0.717) is 18.0 Å². The zero-order valence-electron chi connectivity index (χ0n) is 18.6. The number of methoxy groups -OCH3 is 2. The summed E-state index contributed by atoms with van der Waals surface area (Å²) in [5, 5.41) is 2.85. The first-order valence-electron chi connectivity index (χ1n) is 10.3. The monoisotopic (exact) mass is 477 g/mol. The lowest BCUT2D eigenvalue weighted by Crippen LogP contribution is -2.07. The summed E-state index contributed by atoms with van der Waals surface area (Å²) in [6.45, 7) is 0.319. The first-order valence-corrected chi connectivity index (χ1v) is 11.8. The van der Waals surface area contributed by atoms with Gasteiger partial charge in [0.2, 0.25) is 26.6 Å². The number of sulfone groups is 1. The third-order valence-electron chi connectivity index (χ3n) is 4.92. The minimum Gasteiger partial charge on any atom is -0.493 e. The number of nitrogens with one attached hydrogen (secondary N) is 1. The Morgan fingerprint density at radius 2 is 1.76 bits per heavy atom. The number of nitrogens with zero attached hydrogens (tertiary/aromatic N) is 2. The topological polar surface area (TPSA) is 104 Å². The van der Waals surface area contributed by atoms with Crippen LogP contribution in [0.3, 0.4) is 0 Å². The Labute approximate surface area is 197 Å². The molecule has 1 N–H and O–H groups in total. The predicted molar refractivity (Wildman–Crippen MR) is 128 cm³/mol. The average Bonchev–Trinajstić information content (AvgIpc) is 3.31. The standard InChI is InChI=1S/C25H23N3O5S/c1-31-21-12-10-18(15-22(21)32-2)11-13-23-28-25(34(29,30)20-8-4-3-5-9-20)24(33-23)27-17-19-7-6-14-26-16-19/h3-16,27H,17H2,1-2H3. The molecule has 2 aromatic carbocycles. The highest BCUT2D eigenvalue weighted by atomic mass is 32.2. The zero-order valence-corrected chi connectivity index (χ0v) is 19.5. The number of pyridine rings is 1. The molecule has 34 heavy (non-hydrogen) atoms. The lowest BCUT2D eigenvalue weighted by atomic mass is 10.2. The Kier molecular flexibility index (Phi) is 6.93. The van der Waals surface area contributed by atoms with Crippen LogP contribution < -0.4 is 14.8 Å². The smallest absolute Gasteiger partial charge is 0.234 e. The highest BCUT2D eigenvalue weighted by Crippen LogP contribution is 2.31. The van der Waals surface area contributed by atoms with Gasteiger partial charge in [0, 0.05) is 25.0 Å². The fraction of sp³-hybridized carbons (Fsp3) is 0.120. The first-order chi connectivity index (χ1) is 16.5. The average molecular weight is 478 g/mol. The molecule has 0 radical (unpaired) electrons. The number of hydrogen-bond acceptors (Lipinski definition) is 8. The highest BCUT2D eigenvalue weighted by molar-refractivity contribution is 7.91. The molecule has 0 spiro atoms. The summed E-state index contributed by atoms with van der Waals surface area (Å²) < 4.78 is 42.9. The minimum absolute atomic E-state index is 0.0552. The van der Waals surface area contributed by atoms with Crippen LogP contribution in [-0.4, -0.2) is 32.6 Å². The number of anilines is 1. The fourth-order valence-corrected chi connectivity index (χ4v) is 4.51. The van der Waals surface area contributed by atoms with Crippen molar-refractivity contribution in [1.29, 1.82) is 0 Å². The van der Waals surface area contributed by atoms with Crippen molar-refractivity contribution in [2.24, 2.45) is 0 Å². The van der Waals surface area contributed by atoms with E-state index in [1.165, 1.54) is 12.1 Å². The summed E-state index contributed by atoms with van der Waals surface area (Å²) in [6.07, 6.45) is 6.70. The molecule has 0 aliphatic carbocycles. The lowest BCUT2D eigenvalue weighted by molar-refractivity contribution is 0.355. The van der Waals surface area contributed by atoms with Crippen molar-refractivity contribution in [3.8, 4) is 11.5 Å². The van der Waals surface area contributed by atoms with E-state index >= 15 is 0 Å². The third-order valence-corrected chi connectivity index (χ3v) is 6.60. The quantitative estimate of drug-likeness (QED) is 0.370. The fourth-order valence-electron chi connectivity index (χ4n) is 3.21. The number of rotatable bonds is 9.